The summed E-state index contributed by atoms with van der Waals surface area (Å²) in [6.45, 7) is 2.00. The van der Waals surface area contributed by atoms with Gasteiger partial charge in [-0.2, -0.15) is 5.26 Å². The molecule has 0 bridgehead atoms. The van der Waals surface area contributed by atoms with Gasteiger partial charge in [0, 0.05) is 42.5 Å². The first kappa shape index (κ1) is 21.8. The molecule has 1 aliphatic carbocycles. The Balaban J connectivity index is 1.31. The van der Waals surface area contributed by atoms with Crippen LogP contribution < -0.4 is 15.4 Å². The van der Waals surface area contributed by atoms with Gasteiger partial charge in [0.15, 0.2) is 0 Å². The molecule has 3 unspecified atom stereocenters. The molecule has 33 heavy (non-hydrogen) atoms. The van der Waals surface area contributed by atoms with Crippen LogP contribution in [-0.4, -0.2) is 60.5 Å². The van der Waals surface area contributed by atoms with Crippen LogP contribution in [-0.2, 0) is 4.79 Å². The predicted molar refractivity (Wildman–Crippen MR) is 124 cm³/mol. The molecule has 3 atom stereocenters. The summed E-state index contributed by atoms with van der Waals surface area (Å²) in [5.74, 6) is 0.665. The third kappa shape index (κ3) is 4.06. The number of methoxy groups -OCH3 is 1. The lowest BCUT2D eigenvalue weighted by Crippen LogP contribution is -2.45. The number of aromatic nitrogens is 1. The van der Waals surface area contributed by atoms with Crippen molar-refractivity contribution >= 4 is 22.7 Å². The molecule has 8 nitrogen and oxygen atoms in total. The summed E-state index contributed by atoms with van der Waals surface area (Å²) in [6, 6.07) is 9.57. The van der Waals surface area contributed by atoms with Crippen LogP contribution in [0.25, 0.3) is 10.9 Å². The molecule has 3 fully saturated rings. The SMILES string of the molecule is COc1cccc2[nH]c(C(=O)N3CC4(CCC4)CC3CNC(C#N)CC3CCNC3=O)cc12. The lowest BCUT2D eigenvalue weighted by molar-refractivity contribution is -0.122. The Morgan fingerprint density at radius 3 is 2.94 bits per heavy atom. The molecule has 2 aliphatic heterocycles. The van der Waals surface area contributed by atoms with Crippen LogP contribution in [0.3, 0.4) is 0 Å². The summed E-state index contributed by atoms with van der Waals surface area (Å²) >= 11 is 0. The van der Waals surface area contributed by atoms with E-state index < -0.39 is 6.04 Å². The van der Waals surface area contributed by atoms with Crippen LogP contribution in [0.4, 0.5) is 0 Å². The number of nitriles is 1. The Labute approximate surface area is 193 Å². The molecule has 1 aromatic heterocycles. The zero-order chi connectivity index (χ0) is 23.0. The monoisotopic (exact) mass is 449 g/mol. The highest BCUT2D eigenvalue weighted by molar-refractivity contribution is 6.00. The average molecular weight is 450 g/mol. The molecular weight excluding hydrogens is 418 g/mol. The summed E-state index contributed by atoms with van der Waals surface area (Å²) in [5.41, 5.74) is 1.65. The van der Waals surface area contributed by atoms with E-state index in [1.54, 1.807) is 7.11 Å². The molecule has 0 radical (unpaired) electrons. The molecule has 2 saturated heterocycles. The fraction of sp³-hybridized carbons (Fsp3) is 0.560. The maximum atomic E-state index is 13.6. The number of carbonyl (C=O) groups is 2. The van der Waals surface area contributed by atoms with Gasteiger partial charge in [0.05, 0.1) is 19.2 Å². The van der Waals surface area contributed by atoms with Gasteiger partial charge in [-0.25, -0.2) is 0 Å². The van der Waals surface area contributed by atoms with E-state index in [0.717, 1.165) is 48.9 Å². The molecule has 1 saturated carbocycles. The van der Waals surface area contributed by atoms with E-state index >= 15 is 0 Å². The van der Waals surface area contributed by atoms with Gasteiger partial charge in [-0.3, -0.25) is 14.9 Å². The quantitative estimate of drug-likeness (QED) is 0.602. The van der Waals surface area contributed by atoms with Gasteiger partial charge in [0.1, 0.15) is 11.4 Å². The fourth-order valence-electron chi connectivity index (χ4n) is 5.81. The molecule has 3 heterocycles. The van der Waals surface area contributed by atoms with Gasteiger partial charge in [-0.15, -0.1) is 0 Å². The molecule has 8 heteroatoms. The molecule has 1 spiro atoms. The van der Waals surface area contributed by atoms with Crippen molar-refractivity contribution in [2.75, 3.05) is 26.7 Å². The second-order valence-corrected chi connectivity index (χ2v) is 9.85. The Morgan fingerprint density at radius 2 is 2.27 bits per heavy atom. The fourth-order valence-corrected chi connectivity index (χ4v) is 5.81. The van der Waals surface area contributed by atoms with Crippen LogP contribution >= 0.6 is 0 Å². The van der Waals surface area contributed by atoms with Crippen LogP contribution in [0.15, 0.2) is 24.3 Å². The number of likely N-dealkylation sites (tertiary alicyclic amines) is 1. The Hall–Kier alpha value is -3.05. The van der Waals surface area contributed by atoms with Crippen molar-refractivity contribution in [1.29, 1.82) is 5.26 Å². The largest absolute Gasteiger partial charge is 0.496 e. The van der Waals surface area contributed by atoms with Crippen LogP contribution in [0.2, 0.25) is 0 Å². The van der Waals surface area contributed by atoms with Crippen molar-refractivity contribution in [1.82, 2.24) is 20.5 Å². The number of amides is 2. The van der Waals surface area contributed by atoms with Gasteiger partial charge < -0.3 is 19.9 Å². The summed E-state index contributed by atoms with van der Waals surface area (Å²) in [7, 11) is 1.63. The maximum Gasteiger partial charge on any atom is 0.270 e. The van der Waals surface area contributed by atoms with Crippen LogP contribution in [0.1, 0.15) is 49.0 Å². The van der Waals surface area contributed by atoms with E-state index in [0.29, 0.717) is 25.2 Å². The van der Waals surface area contributed by atoms with E-state index in [2.05, 4.69) is 21.7 Å². The number of H-pyrrole nitrogens is 1. The van der Waals surface area contributed by atoms with Crippen molar-refractivity contribution in [3.05, 3.63) is 30.0 Å². The van der Waals surface area contributed by atoms with Gasteiger partial charge >= 0.3 is 0 Å². The number of nitrogens with one attached hydrogen (secondary N) is 3. The maximum absolute atomic E-state index is 13.6. The molecule has 174 valence electrons. The van der Waals surface area contributed by atoms with Crippen LogP contribution in [0, 0.1) is 22.7 Å². The van der Waals surface area contributed by atoms with Crippen molar-refractivity contribution in [2.45, 2.75) is 50.6 Å². The second-order valence-electron chi connectivity index (χ2n) is 9.85. The Morgan fingerprint density at radius 1 is 1.42 bits per heavy atom. The predicted octanol–water partition coefficient (Wildman–Crippen LogP) is 2.57. The Bertz CT molecular complexity index is 1100. The number of aromatic amines is 1. The summed E-state index contributed by atoms with van der Waals surface area (Å²) in [6.07, 6.45) is 5.76. The van der Waals surface area contributed by atoms with Crippen LogP contribution in [0.5, 0.6) is 5.75 Å². The normalized spacial score (nSPS) is 24.5. The van der Waals surface area contributed by atoms with Crippen molar-refractivity contribution in [2.24, 2.45) is 11.3 Å². The van der Waals surface area contributed by atoms with E-state index in [-0.39, 0.29) is 29.2 Å². The number of hydrogen-bond acceptors (Lipinski definition) is 5. The number of fused-ring (bicyclic) bond motifs is 1. The van der Waals surface area contributed by atoms with Gasteiger partial charge in [-0.05, 0) is 55.7 Å². The topological polar surface area (TPSA) is 110 Å². The van der Waals surface area contributed by atoms with Gasteiger partial charge in [-0.1, -0.05) is 12.5 Å². The summed E-state index contributed by atoms with van der Waals surface area (Å²) < 4.78 is 5.45. The zero-order valence-corrected chi connectivity index (χ0v) is 19.0. The first-order chi connectivity index (χ1) is 16.0. The minimum atomic E-state index is -0.397. The summed E-state index contributed by atoms with van der Waals surface area (Å²) in [5, 5.41) is 16.7. The van der Waals surface area contributed by atoms with E-state index in [4.69, 9.17) is 4.74 Å². The zero-order valence-electron chi connectivity index (χ0n) is 19.0. The highest BCUT2D eigenvalue weighted by atomic mass is 16.5. The number of carbonyl (C=O) groups excluding carboxylic acids is 2. The standard InChI is InChI=1S/C25H31N5O3/c1-33-22-5-2-4-20-19(22)11-21(29-20)24(32)30-15-25(7-3-8-25)12-18(30)14-28-17(13-26)10-16-6-9-27-23(16)31/h2,4-5,11,16-18,28-29H,3,6-10,12,14-15H2,1H3,(H,27,31). The van der Waals surface area contributed by atoms with Crippen molar-refractivity contribution in [3.63, 3.8) is 0 Å². The molecule has 3 N–H and O–H groups in total. The van der Waals surface area contributed by atoms with Gasteiger partial charge in [0.2, 0.25) is 5.91 Å². The number of benzene rings is 1. The lowest BCUT2D eigenvalue weighted by atomic mass is 9.67. The molecule has 5 rings (SSSR count). The first-order valence-corrected chi connectivity index (χ1v) is 11.9. The van der Waals surface area contributed by atoms with Gasteiger partial charge in [0.25, 0.3) is 5.91 Å². The molecule has 3 aliphatic rings. The first-order valence-electron chi connectivity index (χ1n) is 11.9. The molecule has 2 amide bonds. The Kier molecular flexibility index (Phi) is 5.75. The average Bonchev–Trinajstić information content (AvgIpc) is 3.52. The van der Waals surface area contributed by atoms with E-state index in [1.807, 2.05) is 29.2 Å². The number of rotatable bonds is 7. The molecular formula is C25H31N5O3. The minimum absolute atomic E-state index is 0.00694. The highest BCUT2D eigenvalue weighted by Gasteiger charge is 2.49. The van der Waals surface area contributed by atoms with Crippen molar-refractivity contribution < 1.29 is 14.3 Å². The highest BCUT2D eigenvalue weighted by Crippen LogP contribution is 2.50. The van der Waals surface area contributed by atoms with Crippen molar-refractivity contribution in [3.8, 4) is 11.8 Å². The number of ether oxygens (including phenoxy) is 1. The third-order valence-electron chi connectivity index (χ3n) is 7.80. The lowest BCUT2D eigenvalue weighted by Gasteiger charge is -2.37. The summed E-state index contributed by atoms with van der Waals surface area (Å²) in [4.78, 5) is 30.8. The molecule has 1 aromatic carbocycles. The number of hydrogen-bond donors (Lipinski definition) is 3. The third-order valence-corrected chi connectivity index (χ3v) is 7.80. The minimum Gasteiger partial charge on any atom is -0.496 e. The molecule has 2 aromatic rings. The number of nitrogens with zero attached hydrogens (tertiary/aromatic N) is 2. The van der Waals surface area contributed by atoms with E-state index in [9.17, 15) is 14.9 Å². The smallest absolute Gasteiger partial charge is 0.270 e. The second kappa shape index (κ2) is 8.71. The van der Waals surface area contributed by atoms with E-state index in [1.165, 1.54) is 6.42 Å².